The van der Waals surface area contributed by atoms with Crippen LogP contribution < -0.4 is 0 Å². The van der Waals surface area contributed by atoms with Crippen LogP contribution in [-0.2, 0) is 59.0 Å². The molecule has 0 aromatic heterocycles. The molecule has 0 atom stereocenters. The number of rotatable bonds is 0. The molecule has 0 saturated carbocycles. The van der Waals surface area contributed by atoms with Gasteiger partial charge in [-0.1, -0.05) is 0 Å². The number of hydrogen-bond acceptors (Lipinski definition) is 0. The van der Waals surface area contributed by atoms with Crippen molar-refractivity contribution in [2.24, 2.45) is 0 Å². The molecule has 0 rings (SSSR count). The molecular formula is O4V2-8. The first-order valence-corrected chi connectivity index (χ1v) is 0. The standard InChI is InChI=1S/4O.2V/q4*-2;;. The van der Waals surface area contributed by atoms with Crippen molar-refractivity contribution in [1.82, 2.24) is 0 Å². The van der Waals surface area contributed by atoms with E-state index in [1.165, 1.54) is 0 Å². The third kappa shape index (κ3) is 79.1. The Kier molecular flexibility index (Phi) is 6140. The Morgan fingerprint density at radius 1 is 0.333 bits per heavy atom. The fourth-order valence-corrected chi connectivity index (χ4v) is 0. The molecule has 0 aromatic carbocycles. The van der Waals surface area contributed by atoms with E-state index in [1.54, 1.807) is 0 Å². The molecule has 0 amide bonds. The van der Waals surface area contributed by atoms with Crippen molar-refractivity contribution in [2.75, 3.05) is 0 Å². The molecule has 6 heavy (non-hydrogen) atoms. The van der Waals surface area contributed by atoms with Crippen LogP contribution in [0.4, 0.5) is 0 Å². The van der Waals surface area contributed by atoms with Crippen molar-refractivity contribution < 1.29 is 59.0 Å². The minimum atomic E-state index is 0. The summed E-state index contributed by atoms with van der Waals surface area (Å²) in [7, 11) is 0. The van der Waals surface area contributed by atoms with Gasteiger partial charge in [0.05, 0.1) is 0 Å². The molecule has 2 radical (unpaired) electrons. The Bertz CT molecular complexity index is 5.51. The van der Waals surface area contributed by atoms with E-state index in [1.807, 2.05) is 0 Å². The van der Waals surface area contributed by atoms with Gasteiger partial charge in [-0.2, -0.15) is 0 Å². The Morgan fingerprint density at radius 3 is 0.333 bits per heavy atom. The van der Waals surface area contributed by atoms with Gasteiger partial charge in [-0.3, -0.25) is 0 Å². The van der Waals surface area contributed by atoms with Crippen molar-refractivity contribution >= 4 is 0 Å². The molecular weight excluding hydrogens is 166 g/mol. The molecule has 0 aliphatic heterocycles. The van der Waals surface area contributed by atoms with Crippen molar-refractivity contribution in [2.45, 2.75) is 0 Å². The molecule has 0 aliphatic carbocycles. The predicted octanol–water partition coefficient (Wildman–Crippen LogP) is -0.480. The second-order valence-electron chi connectivity index (χ2n) is 0. The summed E-state index contributed by atoms with van der Waals surface area (Å²) in [6, 6.07) is 0. The average molecular weight is 166 g/mol. The number of hydrogen-bond donors (Lipinski definition) is 0. The van der Waals surface area contributed by atoms with Gasteiger partial charge in [-0.15, -0.1) is 0 Å². The summed E-state index contributed by atoms with van der Waals surface area (Å²) < 4.78 is 0. The largest absolute Gasteiger partial charge is 2.00 e. The van der Waals surface area contributed by atoms with Crippen molar-refractivity contribution in [3.05, 3.63) is 0 Å². The minimum absolute atomic E-state index is 0. The fourth-order valence-electron chi connectivity index (χ4n) is 0. The molecule has 4 nitrogen and oxygen atoms in total. The summed E-state index contributed by atoms with van der Waals surface area (Å²) in [5.41, 5.74) is 0. The maximum Gasteiger partial charge on any atom is 0 e. The van der Waals surface area contributed by atoms with Crippen LogP contribution in [0.3, 0.4) is 0 Å². The van der Waals surface area contributed by atoms with Crippen molar-refractivity contribution in [3.63, 3.8) is 0 Å². The molecule has 6 heteroatoms. The van der Waals surface area contributed by atoms with Crippen LogP contribution in [0.25, 0.3) is 0 Å². The second-order valence-corrected chi connectivity index (χ2v) is 0. The summed E-state index contributed by atoms with van der Waals surface area (Å²) in [4.78, 5) is 0. The summed E-state index contributed by atoms with van der Waals surface area (Å²) in [6.45, 7) is 0. The zero-order chi connectivity index (χ0) is 0. The molecule has 0 aliphatic rings. The van der Waals surface area contributed by atoms with Crippen LogP contribution in [0.2, 0.25) is 0 Å². The first-order chi connectivity index (χ1) is 0. The van der Waals surface area contributed by atoms with Gasteiger partial charge in [0, 0.05) is 37.1 Å². The Hall–Kier alpha value is 1.01. The van der Waals surface area contributed by atoms with E-state index in [2.05, 4.69) is 0 Å². The molecule has 0 fully saturated rings. The average Bonchev–Trinajstić information content (AvgIpc) is 0. The van der Waals surface area contributed by atoms with E-state index in [0.717, 1.165) is 0 Å². The van der Waals surface area contributed by atoms with Crippen LogP contribution in [0.15, 0.2) is 0 Å². The second kappa shape index (κ2) is 148. The molecule has 42 valence electrons. The summed E-state index contributed by atoms with van der Waals surface area (Å²) in [6.07, 6.45) is 0. The smallest absolute Gasteiger partial charge is 0 e. The van der Waals surface area contributed by atoms with Crippen LogP contribution in [-0.4, -0.2) is 0 Å². The SMILES string of the molecule is [O-2].[O-2].[O-2].[O-2].[V].[V]. The summed E-state index contributed by atoms with van der Waals surface area (Å²) in [5, 5.41) is 0. The monoisotopic (exact) mass is 166 g/mol. The maximum absolute atomic E-state index is 0. The first-order valence-electron chi connectivity index (χ1n) is 0. The van der Waals surface area contributed by atoms with Gasteiger partial charge in [-0.05, 0) is 0 Å². The molecule has 0 aromatic rings. The van der Waals surface area contributed by atoms with Gasteiger partial charge in [0.1, 0.15) is 0 Å². The molecule has 0 heterocycles. The minimum Gasteiger partial charge on any atom is -2.00 e. The van der Waals surface area contributed by atoms with E-state index >= 15 is 0 Å². The quantitative estimate of drug-likeness (QED) is 0.462. The van der Waals surface area contributed by atoms with E-state index in [9.17, 15) is 0 Å². The van der Waals surface area contributed by atoms with E-state index in [0.29, 0.717) is 0 Å². The van der Waals surface area contributed by atoms with Crippen molar-refractivity contribution in [3.8, 4) is 0 Å². The molecule has 0 spiro atoms. The normalized spacial score (nSPS) is 0. The molecule has 0 unspecified atom stereocenters. The van der Waals surface area contributed by atoms with E-state index in [4.69, 9.17) is 0 Å². The van der Waals surface area contributed by atoms with Crippen molar-refractivity contribution in [1.29, 1.82) is 0 Å². The van der Waals surface area contributed by atoms with E-state index in [-0.39, 0.29) is 59.0 Å². The predicted molar refractivity (Wildman–Crippen MR) is 2.75 cm³/mol. The van der Waals surface area contributed by atoms with Crippen LogP contribution in [0.5, 0.6) is 0 Å². The Morgan fingerprint density at radius 2 is 0.333 bits per heavy atom. The topological polar surface area (TPSA) is 114 Å². The van der Waals surface area contributed by atoms with Gasteiger partial charge >= 0.3 is 0 Å². The van der Waals surface area contributed by atoms with Gasteiger partial charge in [0.2, 0.25) is 0 Å². The summed E-state index contributed by atoms with van der Waals surface area (Å²) in [5.74, 6) is 0. The van der Waals surface area contributed by atoms with Crippen LogP contribution >= 0.6 is 0 Å². The Labute approximate surface area is 59.3 Å². The van der Waals surface area contributed by atoms with Gasteiger partial charge in [0.25, 0.3) is 0 Å². The van der Waals surface area contributed by atoms with Gasteiger partial charge in [-0.25, -0.2) is 0 Å². The molecule has 0 N–H and O–H groups in total. The molecule has 0 bridgehead atoms. The van der Waals surface area contributed by atoms with Gasteiger partial charge in [0.15, 0.2) is 0 Å². The zero-order valence-electron chi connectivity index (χ0n) is 2.53. The van der Waals surface area contributed by atoms with Gasteiger partial charge < -0.3 is 21.9 Å². The molecule has 0 saturated heterocycles. The zero-order valence-corrected chi connectivity index (χ0v) is 5.32. The Balaban J connectivity index is 0. The third-order valence-corrected chi connectivity index (χ3v) is 0. The maximum atomic E-state index is 0. The summed E-state index contributed by atoms with van der Waals surface area (Å²) >= 11 is 0. The van der Waals surface area contributed by atoms with E-state index < -0.39 is 0 Å². The first kappa shape index (κ1) is 249. The fraction of sp³-hybridized carbons (Fsp3) is 0. The van der Waals surface area contributed by atoms with Crippen LogP contribution in [0, 0.1) is 0 Å². The third-order valence-electron chi connectivity index (χ3n) is 0. The van der Waals surface area contributed by atoms with Crippen LogP contribution in [0.1, 0.15) is 0 Å².